The van der Waals surface area contributed by atoms with Crippen molar-refractivity contribution in [1.82, 2.24) is 10.6 Å². The molecular formula is C19H22N2O3. The van der Waals surface area contributed by atoms with E-state index in [0.717, 1.165) is 11.1 Å². The minimum atomic E-state index is -0.858. The normalized spacial score (nSPS) is 11.2. The molecule has 5 nitrogen and oxygen atoms in total. The summed E-state index contributed by atoms with van der Waals surface area (Å²) in [5, 5.41) is 14.5. The van der Waals surface area contributed by atoms with Crippen LogP contribution in [0.25, 0.3) is 0 Å². The lowest BCUT2D eigenvalue weighted by atomic mass is 9.98. The molecule has 2 aromatic rings. The van der Waals surface area contributed by atoms with Gasteiger partial charge in [-0.25, -0.2) is 0 Å². The Kier molecular flexibility index (Phi) is 5.71. The molecule has 3 N–H and O–H groups in total. The van der Waals surface area contributed by atoms with Crippen LogP contribution in [-0.2, 0) is 9.59 Å². The lowest BCUT2D eigenvalue weighted by Gasteiger charge is -2.24. The van der Waals surface area contributed by atoms with Crippen molar-refractivity contribution in [3.05, 3.63) is 71.8 Å². The van der Waals surface area contributed by atoms with Gasteiger partial charge in [-0.2, -0.15) is 0 Å². The molecule has 0 fully saturated rings. The van der Waals surface area contributed by atoms with Gasteiger partial charge in [0.25, 0.3) is 0 Å². The van der Waals surface area contributed by atoms with E-state index < -0.39 is 23.4 Å². The number of hydrogen-bond donors (Lipinski definition) is 3. The van der Waals surface area contributed by atoms with Gasteiger partial charge in [0.15, 0.2) is 0 Å². The Morgan fingerprint density at radius 1 is 0.917 bits per heavy atom. The van der Waals surface area contributed by atoms with Gasteiger partial charge in [-0.3, -0.25) is 9.59 Å². The maximum Gasteiger partial charge on any atom is 0.310 e. The predicted octanol–water partition coefficient (Wildman–Crippen LogP) is 1.78. The molecule has 2 aromatic carbocycles. The molecule has 2 rings (SSSR count). The minimum Gasteiger partial charge on any atom is -0.394 e. The maximum atomic E-state index is 12.3. The SMILES string of the molecule is CC(C)(CO)NC(=O)C(=O)NC(c1ccccc1)c1ccccc1. The van der Waals surface area contributed by atoms with Crippen molar-refractivity contribution in [2.75, 3.05) is 6.61 Å². The number of aliphatic hydroxyl groups excluding tert-OH is 1. The molecule has 0 aromatic heterocycles. The van der Waals surface area contributed by atoms with Crippen LogP contribution in [0, 0.1) is 0 Å². The van der Waals surface area contributed by atoms with Crippen LogP contribution in [0.15, 0.2) is 60.7 Å². The van der Waals surface area contributed by atoms with E-state index in [0.29, 0.717) is 0 Å². The number of benzene rings is 2. The Morgan fingerprint density at radius 2 is 1.38 bits per heavy atom. The van der Waals surface area contributed by atoms with Gasteiger partial charge in [-0.05, 0) is 25.0 Å². The third-order valence-corrected chi connectivity index (χ3v) is 3.59. The number of nitrogens with one attached hydrogen (secondary N) is 2. The van der Waals surface area contributed by atoms with Crippen LogP contribution < -0.4 is 10.6 Å². The molecule has 0 unspecified atom stereocenters. The number of aliphatic hydroxyl groups is 1. The fraction of sp³-hybridized carbons (Fsp3) is 0.263. The van der Waals surface area contributed by atoms with Crippen LogP contribution in [-0.4, -0.2) is 29.1 Å². The van der Waals surface area contributed by atoms with E-state index in [1.807, 2.05) is 60.7 Å². The fourth-order valence-corrected chi connectivity index (χ4v) is 2.25. The van der Waals surface area contributed by atoms with Crippen molar-refractivity contribution >= 4 is 11.8 Å². The van der Waals surface area contributed by atoms with E-state index in [1.165, 1.54) is 0 Å². The minimum absolute atomic E-state index is 0.257. The molecule has 0 radical (unpaired) electrons. The number of carbonyl (C=O) groups is 2. The molecule has 0 aliphatic rings. The summed E-state index contributed by atoms with van der Waals surface area (Å²) in [6.07, 6.45) is 0. The Balaban J connectivity index is 2.20. The van der Waals surface area contributed by atoms with Crippen LogP contribution in [0.5, 0.6) is 0 Å². The monoisotopic (exact) mass is 326 g/mol. The Hall–Kier alpha value is -2.66. The van der Waals surface area contributed by atoms with Crippen molar-refractivity contribution in [1.29, 1.82) is 0 Å². The Morgan fingerprint density at radius 3 is 1.79 bits per heavy atom. The van der Waals surface area contributed by atoms with E-state index >= 15 is 0 Å². The topological polar surface area (TPSA) is 78.4 Å². The molecular weight excluding hydrogens is 304 g/mol. The fourth-order valence-electron chi connectivity index (χ4n) is 2.25. The van der Waals surface area contributed by atoms with Gasteiger partial charge < -0.3 is 15.7 Å². The molecule has 5 heteroatoms. The summed E-state index contributed by atoms with van der Waals surface area (Å²) >= 11 is 0. The first kappa shape index (κ1) is 17.7. The van der Waals surface area contributed by atoms with Gasteiger partial charge >= 0.3 is 11.8 Å². The summed E-state index contributed by atoms with van der Waals surface area (Å²) < 4.78 is 0. The van der Waals surface area contributed by atoms with Gasteiger partial charge in [0.05, 0.1) is 18.2 Å². The van der Waals surface area contributed by atoms with E-state index in [-0.39, 0.29) is 6.61 Å². The summed E-state index contributed by atoms with van der Waals surface area (Å²) in [5.41, 5.74) is 0.904. The lowest BCUT2D eigenvalue weighted by molar-refractivity contribution is -0.140. The van der Waals surface area contributed by atoms with Gasteiger partial charge in [0.2, 0.25) is 0 Å². The quantitative estimate of drug-likeness (QED) is 0.733. The number of amides is 2. The molecule has 0 bridgehead atoms. The number of rotatable bonds is 5. The van der Waals surface area contributed by atoms with Crippen molar-refractivity contribution in [2.24, 2.45) is 0 Å². The highest BCUT2D eigenvalue weighted by atomic mass is 16.3. The van der Waals surface area contributed by atoms with Gasteiger partial charge in [0, 0.05) is 0 Å². The molecule has 24 heavy (non-hydrogen) atoms. The Labute approximate surface area is 141 Å². The van der Waals surface area contributed by atoms with Gasteiger partial charge in [0.1, 0.15) is 0 Å². The molecule has 0 atom stereocenters. The molecule has 0 spiro atoms. The zero-order valence-electron chi connectivity index (χ0n) is 13.8. The lowest BCUT2D eigenvalue weighted by Crippen LogP contribution is -2.52. The molecule has 0 saturated heterocycles. The summed E-state index contributed by atoms with van der Waals surface area (Å²) in [5.74, 6) is -1.51. The second kappa shape index (κ2) is 7.75. The van der Waals surface area contributed by atoms with Crippen molar-refractivity contribution in [3.8, 4) is 0 Å². The standard InChI is InChI=1S/C19H22N2O3/c1-19(2,13-22)21-18(24)17(23)20-16(14-9-5-3-6-10-14)15-11-7-4-8-12-15/h3-12,16,22H,13H2,1-2H3,(H,20,23)(H,21,24). The first-order chi connectivity index (χ1) is 11.4. The second-order valence-electron chi connectivity index (χ2n) is 6.22. The van der Waals surface area contributed by atoms with Gasteiger partial charge in [-0.1, -0.05) is 60.7 Å². The number of carbonyl (C=O) groups excluding carboxylic acids is 2. The smallest absolute Gasteiger partial charge is 0.310 e. The third-order valence-electron chi connectivity index (χ3n) is 3.59. The van der Waals surface area contributed by atoms with Crippen molar-refractivity contribution in [2.45, 2.75) is 25.4 Å². The van der Waals surface area contributed by atoms with Crippen LogP contribution in [0.3, 0.4) is 0 Å². The van der Waals surface area contributed by atoms with E-state index in [9.17, 15) is 14.7 Å². The summed E-state index contributed by atoms with van der Waals surface area (Å²) in [7, 11) is 0. The molecule has 2 amide bonds. The first-order valence-electron chi connectivity index (χ1n) is 7.77. The highest BCUT2D eigenvalue weighted by molar-refractivity contribution is 6.35. The van der Waals surface area contributed by atoms with Crippen LogP contribution in [0.2, 0.25) is 0 Å². The Bertz CT molecular complexity index is 645. The van der Waals surface area contributed by atoms with Gasteiger partial charge in [-0.15, -0.1) is 0 Å². The zero-order chi connectivity index (χ0) is 17.6. The number of hydrogen-bond acceptors (Lipinski definition) is 3. The summed E-state index contributed by atoms with van der Waals surface area (Å²) in [4.78, 5) is 24.4. The van der Waals surface area contributed by atoms with Crippen molar-refractivity contribution < 1.29 is 14.7 Å². The zero-order valence-corrected chi connectivity index (χ0v) is 13.8. The second-order valence-corrected chi connectivity index (χ2v) is 6.22. The van der Waals surface area contributed by atoms with Crippen LogP contribution in [0.4, 0.5) is 0 Å². The average molecular weight is 326 g/mol. The van der Waals surface area contributed by atoms with E-state index in [4.69, 9.17) is 0 Å². The van der Waals surface area contributed by atoms with E-state index in [2.05, 4.69) is 10.6 Å². The summed E-state index contributed by atoms with van der Waals surface area (Å²) in [6.45, 7) is 3.03. The first-order valence-corrected chi connectivity index (χ1v) is 7.77. The van der Waals surface area contributed by atoms with E-state index in [1.54, 1.807) is 13.8 Å². The predicted molar refractivity (Wildman–Crippen MR) is 92.2 cm³/mol. The van der Waals surface area contributed by atoms with Crippen LogP contribution >= 0.6 is 0 Å². The molecule has 0 aliphatic carbocycles. The summed E-state index contributed by atoms with van der Waals surface area (Å²) in [6, 6.07) is 18.5. The highest BCUT2D eigenvalue weighted by Crippen LogP contribution is 2.21. The van der Waals surface area contributed by atoms with Crippen LogP contribution in [0.1, 0.15) is 31.0 Å². The molecule has 0 aliphatic heterocycles. The van der Waals surface area contributed by atoms with Crippen molar-refractivity contribution in [3.63, 3.8) is 0 Å². The average Bonchev–Trinajstić information content (AvgIpc) is 2.60. The molecule has 126 valence electrons. The highest BCUT2D eigenvalue weighted by Gasteiger charge is 2.26. The third kappa shape index (κ3) is 4.67. The molecule has 0 saturated carbocycles. The maximum absolute atomic E-state index is 12.3. The largest absolute Gasteiger partial charge is 0.394 e. The molecule has 0 heterocycles.